The summed E-state index contributed by atoms with van der Waals surface area (Å²) in [5.74, 6) is 0.604. The zero-order valence-electron chi connectivity index (χ0n) is 11.6. The number of rotatable bonds is 2. The Morgan fingerprint density at radius 3 is 2.05 bits per heavy atom. The van der Waals surface area contributed by atoms with Gasteiger partial charge in [0.25, 0.3) is 0 Å². The Kier molecular flexibility index (Phi) is 8.13. The van der Waals surface area contributed by atoms with Crippen molar-refractivity contribution in [1.82, 2.24) is 19.6 Å². The van der Waals surface area contributed by atoms with Crippen LogP contribution in [0.1, 0.15) is 0 Å². The second-order valence-electron chi connectivity index (χ2n) is 4.54. The lowest BCUT2D eigenvalue weighted by Crippen LogP contribution is -2.54. The van der Waals surface area contributed by atoms with Gasteiger partial charge in [-0.1, -0.05) is 0 Å². The third-order valence-corrected chi connectivity index (χ3v) is 3.17. The van der Waals surface area contributed by atoms with Gasteiger partial charge in [-0.15, -0.1) is 24.0 Å². The summed E-state index contributed by atoms with van der Waals surface area (Å²) in [5, 5.41) is 0. The molecule has 4 amide bonds. The highest BCUT2D eigenvalue weighted by Crippen LogP contribution is 2.06. The first kappa shape index (κ1) is 18.3. The van der Waals surface area contributed by atoms with Crippen LogP contribution in [0.3, 0.4) is 0 Å². The highest BCUT2D eigenvalue weighted by molar-refractivity contribution is 6.18. The number of imide groups is 1. The van der Waals surface area contributed by atoms with Gasteiger partial charge in [-0.3, -0.25) is 4.90 Å². The van der Waals surface area contributed by atoms with Gasteiger partial charge < -0.3 is 9.80 Å². The molecule has 0 aromatic heterocycles. The van der Waals surface area contributed by atoms with Gasteiger partial charge >= 0.3 is 12.1 Å². The average Bonchev–Trinajstić information content (AvgIpc) is 2.37. The standard InChI is InChI=1S/C11H21ClN4O2.ClH/c1-13(2)10(17)14(3)11(18)16-8-6-15(5-4-12)7-9-16;/h4-9H2,1-3H3;1H. The van der Waals surface area contributed by atoms with Crippen molar-refractivity contribution >= 4 is 36.1 Å². The van der Waals surface area contributed by atoms with E-state index in [0.717, 1.165) is 24.5 Å². The van der Waals surface area contributed by atoms with E-state index >= 15 is 0 Å². The second-order valence-corrected chi connectivity index (χ2v) is 4.91. The van der Waals surface area contributed by atoms with E-state index in [-0.39, 0.29) is 24.5 Å². The number of halogens is 2. The molecule has 1 saturated heterocycles. The van der Waals surface area contributed by atoms with E-state index in [2.05, 4.69) is 4.90 Å². The molecule has 0 aromatic rings. The maximum absolute atomic E-state index is 12.1. The minimum absolute atomic E-state index is 0. The molecule has 0 atom stereocenters. The third kappa shape index (κ3) is 5.04. The molecule has 6 nitrogen and oxygen atoms in total. The first-order valence-electron chi connectivity index (χ1n) is 5.99. The van der Waals surface area contributed by atoms with Crippen molar-refractivity contribution in [1.29, 1.82) is 0 Å². The Balaban J connectivity index is 0.00000324. The van der Waals surface area contributed by atoms with Crippen molar-refractivity contribution in [3.8, 4) is 0 Å². The Labute approximate surface area is 125 Å². The fraction of sp³-hybridized carbons (Fsp3) is 0.818. The molecular formula is C11H22Cl2N4O2. The largest absolute Gasteiger partial charge is 0.330 e. The van der Waals surface area contributed by atoms with Gasteiger partial charge in [0.2, 0.25) is 0 Å². The first-order chi connectivity index (χ1) is 8.47. The number of carbonyl (C=O) groups excluding carboxylic acids is 2. The highest BCUT2D eigenvalue weighted by atomic mass is 35.5. The number of hydrogen-bond donors (Lipinski definition) is 0. The minimum atomic E-state index is -0.303. The summed E-state index contributed by atoms with van der Waals surface area (Å²) in [6, 6.07) is -0.539. The molecule has 0 N–H and O–H groups in total. The van der Waals surface area contributed by atoms with E-state index in [1.807, 2.05) is 0 Å². The molecule has 1 heterocycles. The summed E-state index contributed by atoms with van der Waals surface area (Å²) in [7, 11) is 4.77. The fourth-order valence-electron chi connectivity index (χ4n) is 1.88. The Bertz CT molecular complexity index is 307. The van der Waals surface area contributed by atoms with Crippen molar-refractivity contribution in [2.24, 2.45) is 0 Å². The topological polar surface area (TPSA) is 47.1 Å². The van der Waals surface area contributed by atoms with E-state index < -0.39 is 0 Å². The molecule has 0 bridgehead atoms. The number of carbonyl (C=O) groups is 2. The smallest absolute Gasteiger partial charge is 0.327 e. The van der Waals surface area contributed by atoms with Crippen molar-refractivity contribution in [3.63, 3.8) is 0 Å². The summed E-state index contributed by atoms with van der Waals surface area (Å²) < 4.78 is 0. The molecule has 0 unspecified atom stereocenters. The van der Waals surface area contributed by atoms with Gasteiger partial charge in [0.1, 0.15) is 0 Å². The molecular weight excluding hydrogens is 291 g/mol. The zero-order chi connectivity index (χ0) is 13.7. The van der Waals surface area contributed by atoms with Gasteiger partial charge in [-0.05, 0) is 0 Å². The van der Waals surface area contributed by atoms with Crippen molar-refractivity contribution < 1.29 is 9.59 Å². The first-order valence-corrected chi connectivity index (χ1v) is 6.53. The normalized spacial score (nSPS) is 15.7. The molecule has 8 heteroatoms. The molecule has 0 aliphatic carbocycles. The SMILES string of the molecule is CN(C)C(=O)N(C)C(=O)N1CCN(CCCl)CC1.Cl. The predicted molar refractivity (Wildman–Crippen MR) is 78.2 cm³/mol. The Morgan fingerprint density at radius 2 is 1.63 bits per heavy atom. The Morgan fingerprint density at radius 1 is 1.11 bits per heavy atom. The van der Waals surface area contributed by atoms with Crippen LogP contribution in [0.25, 0.3) is 0 Å². The van der Waals surface area contributed by atoms with Crippen LogP contribution in [0.5, 0.6) is 0 Å². The lowest BCUT2D eigenvalue weighted by molar-refractivity contribution is 0.120. The summed E-state index contributed by atoms with van der Waals surface area (Å²) in [5.41, 5.74) is 0. The summed E-state index contributed by atoms with van der Waals surface area (Å²) in [6.07, 6.45) is 0. The molecule has 1 aliphatic rings. The second kappa shape index (κ2) is 8.45. The predicted octanol–water partition coefficient (Wildman–Crippen LogP) is 0.998. The van der Waals surface area contributed by atoms with Crippen LogP contribution in [-0.2, 0) is 0 Å². The van der Waals surface area contributed by atoms with Crippen LogP contribution >= 0.6 is 24.0 Å². The van der Waals surface area contributed by atoms with Gasteiger partial charge in [0.15, 0.2) is 0 Å². The molecule has 0 radical (unpaired) electrons. The Hall–Kier alpha value is -0.720. The summed E-state index contributed by atoms with van der Waals surface area (Å²) in [6.45, 7) is 3.74. The van der Waals surface area contributed by atoms with Gasteiger partial charge in [-0.25, -0.2) is 14.5 Å². The van der Waals surface area contributed by atoms with Crippen LogP contribution < -0.4 is 0 Å². The highest BCUT2D eigenvalue weighted by Gasteiger charge is 2.26. The lowest BCUT2D eigenvalue weighted by Gasteiger charge is -2.36. The molecule has 1 rings (SSSR count). The third-order valence-electron chi connectivity index (χ3n) is 3.00. The summed E-state index contributed by atoms with van der Waals surface area (Å²) >= 11 is 5.68. The number of urea groups is 2. The van der Waals surface area contributed by atoms with Crippen molar-refractivity contribution in [2.45, 2.75) is 0 Å². The monoisotopic (exact) mass is 312 g/mol. The fourth-order valence-corrected chi connectivity index (χ4v) is 2.12. The zero-order valence-corrected chi connectivity index (χ0v) is 13.2. The summed E-state index contributed by atoms with van der Waals surface area (Å²) in [4.78, 5) is 30.2. The minimum Gasteiger partial charge on any atom is -0.330 e. The van der Waals surface area contributed by atoms with E-state index in [9.17, 15) is 9.59 Å². The van der Waals surface area contributed by atoms with Crippen LogP contribution in [0.4, 0.5) is 9.59 Å². The van der Waals surface area contributed by atoms with Gasteiger partial charge in [0, 0.05) is 59.7 Å². The maximum Gasteiger partial charge on any atom is 0.327 e. The molecule has 112 valence electrons. The molecule has 1 fully saturated rings. The van der Waals surface area contributed by atoms with E-state index in [4.69, 9.17) is 11.6 Å². The van der Waals surface area contributed by atoms with Crippen LogP contribution in [0.15, 0.2) is 0 Å². The quantitative estimate of drug-likeness (QED) is 0.715. The van der Waals surface area contributed by atoms with E-state index in [1.165, 1.54) is 11.9 Å². The average molecular weight is 313 g/mol. The number of hydrogen-bond acceptors (Lipinski definition) is 3. The van der Waals surface area contributed by atoms with Crippen LogP contribution in [-0.4, -0.2) is 91.4 Å². The molecule has 1 aliphatic heterocycles. The van der Waals surface area contributed by atoms with Crippen LogP contribution in [0.2, 0.25) is 0 Å². The lowest BCUT2D eigenvalue weighted by atomic mass is 10.3. The number of amides is 4. The molecule has 19 heavy (non-hydrogen) atoms. The number of nitrogens with zero attached hydrogens (tertiary/aromatic N) is 4. The van der Waals surface area contributed by atoms with Crippen molar-refractivity contribution in [2.75, 3.05) is 59.7 Å². The van der Waals surface area contributed by atoms with E-state index in [0.29, 0.717) is 19.0 Å². The number of alkyl halides is 1. The van der Waals surface area contributed by atoms with Crippen LogP contribution in [0, 0.1) is 0 Å². The van der Waals surface area contributed by atoms with E-state index in [1.54, 1.807) is 19.0 Å². The molecule has 0 spiro atoms. The molecule has 0 aromatic carbocycles. The van der Waals surface area contributed by atoms with Gasteiger partial charge in [-0.2, -0.15) is 0 Å². The number of piperazine rings is 1. The molecule has 0 saturated carbocycles. The van der Waals surface area contributed by atoms with Gasteiger partial charge in [0.05, 0.1) is 0 Å². The van der Waals surface area contributed by atoms with Crippen molar-refractivity contribution in [3.05, 3.63) is 0 Å². The maximum atomic E-state index is 12.1.